The Morgan fingerprint density at radius 1 is 1.17 bits per heavy atom. The summed E-state index contributed by atoms with van der Waals surface area (Å²) >= 11 is 0. The van der Waals surface area contributed by atoms with Crippen LogP contribution < -0.4 is 0 Å². The minimum Gasteiger partial charge on any atom is -0.315 e. The Labute approximate surface area is 39.3 Å². The molecule has 0 bridgehead atoms. The average molecular weight is 91.2 g/mol. The third kappa shape index (κ3) is 5220. The fraction of sp³-hybridized carbons (Fsp3) is 1.00. The molecule has 0 aliphatic heterocycles. The number of hydrogen-bond acceptors (Lipinski definition) is 2. The highest BCUT2D eigenvalue weighted by atomic mass is 16.5. The molecule has 0 saturated carbocycles. The summed E-state index contributed by atoms with van der Waals surface area (Å²) in [6.07, 6.45) is 0. The van der Waals surface area contributed by atoms with Gasteiger partial charge < -0.3 is 5.21 Å². The lowest BCUT2D eigenvalue weighted by atomic mass is 11.0. The summed E-state index contributed by atoms with van der Waals surface area (Å²) in [6, 6.07) is 0. The molecule has 0 amide bonds. The summed E-state index contributed by atoms with van der Waals surface area (Å²) in [5.41, 5.74) is 0. The van der Waals surface area contributed by atoms with Gasteiger partial charge in [0.05, 0.1) is 0 Å². The summed E-state index contributed by atoms with van der Waals surface area (Å²) in [6.45, 7) is 4.00. The van der Waals surface area contributed by atoms with Crippen LogP contribution in [0.5, 0.6) is 0 Å². The van der Waals surface area contributed by atoms with E-state index in [4.69, 9.17) is 5.21 Å². The predicted octanol–water partition coefficient (Wildman–Crippen LogP) is 0.963. The summed E-state index contributed by atoms with van der Waals surface area (Å²) in [5, 5.41) is 8.89. The van der Waals surface area contributed by atoms with Crippen LogP contribution in [0.1, 0.15) is 13.8 Å². The second kappa shape index (κ2) is 8.87. The first-order chi connectivity index (χ1) is 2.73. The highest BCUT2D eigenvalue weighted by Gasteiger charge is 1.59. The maximum atomic E-state index is 7.89. The van der Waals surface area contributed by atoms with Gasteiger partial charge in [-0.1, -0.05) is 13.8 Å². The molecule has 0 aliphatic carbocycles. The summed E-state index contributed by atoms with van der Waals surface area (Å²) in [5.74, 6) is 0. The number of rotatable bonds is 0. The van der Waals surface area contributed by atoms with E-state index >= 15 is 0 Å². The van der Waals surface area contributed by atoms with Gasteiger partial charge in [0.15, 0.2) is 0 Å². The fourth-order valence-electron chi connectivity index (χ4n) is 0. The lowest BCUT2D eigenvalue weighted by Crippen LogP contribution is -2.01. The Kier molecular flexibility index (Phi) is 13.8. The molecule has 0 spiro atoms. The van der Waals surface area contributed by atoms with Crippen molar-refractivity contribution in [2.75, 3.05) is 14.1 Å². The number of hydroxylamine groups is 2. The molecule has 0 heterocycles. The van der Waals surface area contributed by atoms with Crippen LogP contribution >= 0.6 is 0 Å². The zero-order chi connectivity index (χ0) is 5.58. The van der Waals surface area contributed by atoms with Gasteiger partial charge in [-0.05, 0) is 0 Å². The van der Waals surface area contributed by atoms with E-state index < -0.39 is 0 Å². The maximum Gasteiger partial charge on any atom is 0.0121 e. The molecule has 2 nitrogen and oxygen atoms in total. The Hall–Kier alpha value is -0.0800. The summed E-state index contributed by atoms with van der Waals surface area (Å²) < 4.78 is 0. The second-order valence-electron chi connectivity index (χ2n) is 0.847. The average Bonchev–Trinajstić information content (AvgIpc) is 1.41. The Balaban J connectivity index is 0. The number of hydrogen-bond donors (Lipinski definition) is 1. The van der Waals surface area contributed by atoms with E-state index in [1.165, 1.54) is 0 Å². The first kappa shape index (κ1) is 9.33. The lowest BCUT2D eigenvalue weighted by molar-refractivity contribution is -0.0372. The molecule has 1 N–H and O–H groups in total. The Morgan fingerprint density at radius 2 is 1.17 bits per heavy atom. The van der Waals surface area contributed by atoms with Crippen LogP contribution in [-0.2, 0) is 0 Å². The Morgan fingerprint density at radius 3 is 1.17 bits per heavy atom. The van der Waals surface area contributed by atoms with E-state index in [1.54, 1.807) is 14.1 Å². The van der Waals surface area contributed by atoms with Crippen molar-refractivity contribution in [3.63, 3.8) is 0 Å². The van der Waals surface area contributed by atoms with Crippen molar-refractivity contribution >= 4 is 0 Å². The van der Waals surface area contributed by atoms with E-state index in [0.717, 1.165) is 5.06 Å². The van der Waals surface area contributed by atoms with Gasteiger partial charge in [-0.3, -0.25) is 0 Å². The van der Waals surface area contributed by atoms with Crippen LogP contribution in [0.4, 0.5) is 0 Å². The quantitative estimate of drug-likeness (QED) is 0.449. The minimum absolute atomic E-state index is 1.00. The normalized spacial score (nSPS) is 7.00. The van der Waals surface area contributed by atoms with Crippen molar-refractivity contribution in [1.82, 2.24) is 5.06 Å². The van der Waals surface area contributed by atoms with Crippen molar-refractivity contribution in [1.29, 1.82) is 0 Å². The van der Waals surface area contributed by atoms with Crippen molar-refractivity contribution in [3.8, 4) is 0 Å². The maximum absolute atomic E-state index is 7.89. The van der Waals surface area contributed by atoms with Gasteiger partial charge in [0, 0.05) is 14.1 Å². The molecule has 0 fully saturated rings. The zero-order valence-electron chi connectivity index (χ0n) is 4.89. The van der Waals surface area contributed by atoms with E-state index in [2.05, 4.69) is 0 Å². The minimum atomic E-state index is 1.00. The fourth-order valence-corrected chi connectivity index (χ4v) is 0. The molecule has 0 unspecified atom stereocenters. The van der Waals surface area contributed by atoms with Gasteiger partial charge in [-0.15, -0.1) is 0 Å². The molecule has 2 heteroatoms. The van der Waals surface area contributed by atoms with Crippen molar-refractivity contribution in [2.24, 2.45) is 0 Å². The van der Waals surface area contributed by atoms with Crippen LogP contribution in [0.3, 0.4) is 0 Å². The predicted molar refractivity (Wildman–Crippen MR) is 26.8 cm³/mol. The third-order valence-corrected chi connectivity index (χ3v) is 0. The topological polar surface area (TPSA) is 23.5 Å². The molecule has 0 aromatic carbocycles. The van der Waals surface area contributed by atoms with Gasteiger partial charge >= 0.3 is 0 Å². The monoisotopic (exact) mass is 91.1 g/mol. The molecule has 0 atom stereocenters. The smallest absolute Gasteiger partial charge is 0.0121 e. The van der Waals surface area contributed by atoms with Crippen LogP contribution in [-0.4, -0.2) is 24.4 Å². The van der Waals surface area contributed by atoms with Gasteiger partial charge in [0.1, 0.15) is 0 Å². The number of nitrogens with zero attached hydrogens (tertiary/aromatic N) is 1. The SMILES string of the molecule is CC.CN(C)O. The van der Waals surface area contributed by atoms with E-state index in [-0.39, 0.29) is 0 Å². The van der Waals surface area contributed by atoms with Crippen LogP contribution in [0.2, 0.25) is 0 Å². The van der Waals surface area contributed by atoms with Gasteiger partial charge in [-0.2, -0.15) is 5.06 Å². The van der Waals surface area contributed by atoms with E-state index in [1.807, 2.05) is 13.8 Å². The van der Waals surface area contributed by atoms with Gasteiger partial charge in [0.25, 0.3) is 0 Å². The second-order valence-corrected chi connectivity index (χ2v) is 0.847. The highest BCUT2D eigenvalue weighted by molar-refractivity contribution is 3.90. The standard InChI is InChI=1S/C2H7NO.C2H6/c1-3(2)4;1-2/h4H,1-2H3;1-2H3. The Bertz CT molecular complexity index is 12.3. The highest BCUT2D eigenvalue weighted by Crippen LogP contribution is 1.46. The molecule has 0 saturated heterocycles. The molecule has 0 aromatic rings. The molecule has 0 aromatic heterocycles. The summed E-state index contributed by atoms with van der Waals surface area (Å²) in [4.78, 5) is 0. The molecule has 6 heavy (non-hydrogen) atoms. The van der Waals surface area contributed by atoms with Crippen molar-refractivity contribution in [2.45, 2.75) is 13.8 Å². The molecular formula is C4H13NO. The van der Waals surface area contributed by atoms with Crippen LogP contribution in [0.25, 0.3) is 0 Å². The lowest BCUT2D eigenvalue weighted by Gasteiger charge is -1.89. The third-order valence-electron chi connectivity index (χ3n) is 0. The zero-order valence-corrected chi connectivity index (χ0v) is 4.89. The first-order valence-corrected chi connectivity index (χ1v) is 2.09. The van der Waals surface area contributed by atoms with E-state index in [9.17, 15) is 0 Å². The first-order valence-electron chi connectivity index (χ1n) is 2.09. The molecular weight excluding hydrogens is 78.0 g/mol. The van der Waals surface area contributed by atoms with Crippen LogP contribution in [0.15, 0.2) is 0 Å². The largest absolute Gasteiger partial charge is 0.315 e. The molecule has 40 valence electrons. The van der Waals surface area contributed by atoms with Gasteiger partial charge in [0.2, 0.25) is 0 Å². The summed E-state index contributed by atoms with van der Waals surface area (Å²) in [7, 11) is 3.11. The molecule has 0 aliphatic rings. The van der Waals surface area contributed by atoms with Crippen molar-refractivity contribution in [3.05, 3.63) is 0 Å². The van der Waals surface area contributed by atoms with Crippen LogP contribution in [0, 0.1) is 0 Å². The van der Waals surface area contributed by atoms with Gasteiger partial charge in [-0.25, -0.2) is 0 Å². The van der Waals surface area contributed by atoms with Crippen molar-refractivity contribution < 1.29 is 5.21 Å². The molecule has 0 rings (SSSR count). The van der Waals surface area contributed by atoms with E-state index in [0.29, 0.717) is 0 Å². The molecule has 0 radical (unpaired) electrons.